The number of carboxylic acid groups (broad SMARTS) is 1. The fraction of sp³-hybridized carbons (Fsp3) is 0.400. The average Bonchev–Trinajstić information content (AvgIpc) is 2.65. The van der Waals surface area contributed by atoms with Gasteiger partial charge >= 0.3 is 5.97 Å². The van der Waals surface area contributed by atoms with Crippen LogP contribution in [-0.4, -0.2) is 35.2 Å². The first kappa shape index (κ1) is 9.92. The molecule has 2 heterocycles. The predicted molar refractivity (Wildman–Crippen MR) is 56.0 cm³/mol. The minimum absolute atomic E-state index is 0.119. The third-order valence-corrected chi connectivity index (χ3v) is 2.54. The molecule has 1 aromatic rings. The molecule has 1 fully saturated rings. The minimum Gasteiger partial charge on any atom is -0.478 e. The van der Waals surface area contributed by atoms with E-state index in [4.69, 9.17) is 10.8 Å². The first-order valence-corrected chi connectivity index (χ1v) is 4.87. The normalized spacial score (nSPS) is 20.6. The summed E-state index contributed by atoms with van der Waals surface area (Å²) in [6, 6.07) is 3.31. The van der Waals surface area contributed by atoms with E-state index >= 15 is 0 Å². The molecular weight excluding hydrogens is 194 g/mol. The fourth-order valence-electron chi connectivity index (χ4n) is 1.80. The van der Waals surface area contributed by atoms with Crippen LogP contribution in [0.1, 0.15) is 16.8 Å². The average molecular weight is 207 g/mol. The highest BCUT2D eigenvalue weighted by Gasteiger charge is 2.24. The molecule has 5 heteroatoms. The SMILES string of the molecule is NC1CCN(c2ncccc2C(=O)O)C1. The van der Waals surface area contributed by atoms with E-state index in [1.54, 1.807) is 18.3 Å². The number of hydrogen-bond donors (Lipinski definition) is 2. The molecule has 15 heavy (non-hydrogen) atoms. The van der Waals surface area contributed by atoms with Crippen molar-refractivity contribution < 1.29 is 9.90 Å². The molecular formula is C10H13N3O2. The molecule has 1 atom stereocenters. The van der Waals surface area contributed by atoms with Crippen LogP contribution in [0.5, 0.6) is 0 Å². The summed E-state index contributed by atoms with van der Waals surface area (Å²) in [6.07, 6.45) is 2.49. The van der Waals surface area contributed by atoms with Crippen LogP contribution in [0.25, 0.3) is 0 Å². The van der Waals surface area contributed by atoms with Crippen molar-refractivity contribution in [2.45, 2.75) is 12.5 Å². The summed E-state index contributed by atoms with van der Waals surface area (Å²) in [4.78, 5) is 17.0. The Bertz CT molecular complexity index is 381. The van der Waals surface area contributed by atoms with Crippen LogP contribution in [0.15, 0.2) is 18.3 Å². The van der Waals surface area contributed by atoms with E-state index in [1.165, 1.54) is 0 Å². The second-order valence-electron chi connectivity index (χ2n) is 3.67. The van der Waals surface area contributed by atoms with Crippen LogP contribution in [0.4, 0.5) is 5.82 Å². The summed E-state index contributed by atoms with van der Waals surface area (Å²) in [5.74, 6) is -0.420. The Hall–Kier alpha value is -1.62. The van der Waals surface area contributed by atoms with Gasteiger partial charge in [-0.1, -0.05) is 0 Å². The van der Waals surface area contributed by atoms with Gasteiger partial charge in [-0.15, -0.1) is 0 Å². The summed E-state index contributed by atoms with van der Waals surface area (Å²) in [5.41, 5.74) is 6.01. The molecule has 3 N–H and O–H groups in total. The standard InChI is InChI=1S/C10H13N3O2/c11-7-3-5-13(6-7)9-8(10(14)15)2-1-4-12-9/h1-2,4,7H,3,5-6,11H2,(H,14,15). The molecule has 1 saturated heterocycles. The Labute approximate surface area is 87.5 Å². The van der Waals surface area contributed by atoms with Gasteiger partial charge in [-0.3, -0.25) is 0 Å². The predicted octanol–water partition coefficient (Wildman–Crippen LogP) is 0.317. The summed E-state index contributed by atoms with van der Waals surface area (Å²) in [7, 11) is 0. The molecule has 0 amide bonds. The fourth-order valence-corrected chi connectivity index (χ4v) is 1.80. The highest BCUT2D eigenvalue weighted by atomic mass is 16.4. The van der Waals surface area contributed by atoms with Gasteiger partial charge < -0.3 is 15.7 Å². The molecule has 0 radical (unpaired) electrons. The molecule has 1 aliphatic rings. The Morgan fingerprint density at radius 2 is 2.47 bits per heavy atom. The molecule has 1 aromatic heterocycles. The smallest absolute Gasteiger partial charge is 0.339 e. The van der Waals surface area contributed by atoms with Gasteiger partial charge in [-0.2, -0.15) is 0 Å². The van der Waals surface area contributed by atoms with Crippen molar-refractivity contribution in [3.8, 4) is 0 Å². The zero-order valence-electron chi connectivity index (χ0n) is 8.26. The third kappa shape index (κ3) is 1.92. The van der Waals surface area contributed by atoms with E-state index in [1.807, 2.05) is 4.90 Å². The molecule has 0 spiro atoms. The van der Waals surface area contributed by atoms with Gasteiger partial charge in [-0.25, -0.2) is 9.78 Å². The number of carboxylic acids is 1. The van der Waals surface area contributed by atoms with Crippen LogP contribution < -0.4 is 10.6 Å². The van der Waals surface area contributed by atoms with Crippen LogP contribution in [0.3, 0.4) is 0 Å². The molecule has 0 aromatic carbocycles. The van der Waals surface area contributed by atoms with E-state index < -0.39 is 5.97 Å². The van der Waals surface area contributed by atoms with Crippen molar-refractivity contribution in [3.05, 3.63) is 23.9 Å². The van der Waals surface area contributed by atoms with Crippen LogP contribution in [0, 0.1) is 0 Å². The maximum Gasteiger partial charge on any atom is 0.339 e. The van der Waals surface area contributed by atoms with Gasteiger partial charge in [-0.05, 0) is 18.6 Å². The van der Waals surface area contributed by atoms with Gasteiger partial charge in [0.25, 0.3) is 0 Å². The van der Waals surface area contributed by atoms with E-state index in [-0.39, 0.29) is 11.6 Å². The summed E-state index contributed by atoms with van der Waals surface area (Å²) < 4.78 is 0. The van der Waals surface area contributed by atoms with E-state index in [0.717, 1.165) is 13.0 Å². The number of hydrogen-bond acceptors (Lipinski definition) is 4. The zero-order chi connectivity index (χ0) is 10.8. The second-order valence-corrected chi connectivity index (χ2v) is 3.67. The first-order valence-electron chi connectivity index (χ1n) is 4.87. The van der Waals surface area contributed by atoms with Gasteiger partial charge in [0.05, 0.1) is 0 Å². The summed E-state index contributed by atoms with van der Waals surface area (Å²) in [5, 5.41) is 8.99. The number of pyridine rings is 1. The van der Waals surface area contributed by atoms with Gasteiger partial charge in [0.1, 0.15) is 11.4 Å². The van der Waals surface area contributed by atoms with Gasteiger partial charge in [0, 0.05) is 25.3 Å². The third-order valence-electron chi connectivity index (χ3n) is 2.54. The number of rotatable bonds is 2. The maximum absolute atomic E-state index is 11.0. The topological polar surface area (TPSA) is 79.5 Å². The molecule has 1 unspecified atom stereocenters. The second kappa shape index (κ2) is 3.86. The van der Waals surface area contributed by atoms with Crippen LogP contribution in [-0.2, 0) is 0 Å². The number of aromatic nitrogens is 1. The van der Waals surface area contributed by atoms with Crippen molar-refractivity contribution >= 4 is 11.8 Å². The lowest BCUT2D eigenvalue weighted by Crippen LogP contribution is -2.28. The zero-order valence-corrected chi connectivity index (χ0v) is 8.26. The Morgan fingerprint density at radius 3 is 3.07 bits per heavy atom. The van der Waals surface area contributed by atoms with E-state index in [9.17, 15) is 4.79 Å². The number of nitrogens with two attached hydrogens (primary N) is 1. The largest absolute Gasteiger partial charge is 0.478 e. The Kier molecular flexibility index (Phi) is 2.55. The Morgan fingerprint density at radius 1 is 1.67 bits per heavy atom. The summed E-state index contributed by atoms with van der Waals surface area (Å²) >= 11 is 0. The molecule has 0 bridgehead atoms. The number of aromatic carboxylic acids is 1. The first-order chi connectivity index (χ1) is 7.18. The van der Waals surface area contributed by atoms with Crippen molar-refractivity contribution in [1.82, 2.24) is 4.98 Å². The van der Waals surface area contributed by atoms with Crippen molar-refractivity contribution in [1.29, 1.82) is 0 Å². The molecule has 80 valence electrons. The van der Waals surface area contributed by atoms with Gasteiger partial charge in [0.2, 0.25) is 0 Å². The van der Waals surface area contributed by atoms with Crippen LogP contribution >= 0.6 is 0 Å². The molecule has 0 saturated carbocycles. The quantitative estimate of drug-likeness (QED) is 0.730. The maximum atomic E-state index is 11.0. The molecule has 5 nitrogen and oxygen atoms in total. The minimum atomic E-state index is -0.946. The van der Waals surface area contributed by atoms with E-state index in [0.29, 0.717) is 12.4 Å². The van der Waals surface area contributed by atoms with Gasteiger partial charge in [0.15, 0.2) is 0 Å². The highest BCUT2D eigenvalue weighted by Crippen LogP contribution is 2.21. The summed E-state index contributed by atoms with van der Waals surface area (Å²) in [6.45, 7) is 1.45. The Balaban J connectivity index is 2.31. The lowest BCUT2D eigenvalue weighted by Gasteiger charge is -2.18. The van der Waals surface area contributed by atoms with E-state index in [2.05, 4.69) is 4.98 Å². The molecule has 1 aliphatic heterocycles. The lowest BCUT2D eigenvalue weighted by molar-refractivity contribution is 0.0697. The lowest BCUT2D eigenvalue weighted by atomic mass is 10.2. The van der Waals surface area contributed by atoms with Crippen molar-refractivity contribution in [2.75, 3.05) is 18.0 Å². The number of anilines is 1. The molecule has 0 aliphatic carbocycles. The van der Waals surface area contributed by atoms with Crippen molar-refractivity contribution in [2.24, 2.45) is 5.73 Å². The molecule has 2 rings (SSSR count). The monoisotopic (exact) mass is 207 g/mol. The van der Waals surface area contributed by atoms with Crippen LogP contribution in [0.2, 0.25) is 0 Å². The van der Waals surface area contributed by atoms with Crippen molar-refractivity contribution in [3.63, 3.8) is 0 Å². The highest BCUT2D eigenvalue weighted by molar-refractivity contribution is 5.93. The number of carbonyl (C=O) groups is 1. The number of nitrogens with zero attached hydrogens (tertiary/aromatic N) is 2.